The molecule has 1 aliphatic carbocycles. The molecule has 4 rings (SSSR count). The lowest BCUT2D eigenvalue weighted by Crippen LogP contribution is -2.29. The van der Waals surface area contributed by atoms with E-state index >= 15 is 0 Å². The number of benzene rings is 1. The van der Waals surface area contributed by atoms with E-state index in [1.54, 1.807) is 24.3 Å². The van der Waals surface area contributed by atoms with Crippen molar-refractivity contribution in [1.82, 2.24) is 4.98 Å². The number of aromatic amines is 1. The Hall–Kier alpha value is -3.94. The summed E-state index contributed by atoms with van der Waals surface area (Å²) in [5.74, 6) is -1.02. The minimum Gasteiger partial charge on any atom is -0.469 e. The Kier molecular flexibility index (Phi) is 5.05. The summed E-state index contributed by atoms with van der Waals surface area (Å²) < 4.78 is 10.1. The number of carbonyl (C=O) groups is 3. The van der Waals surface area contributed by atoms with E-state index in [1.807, 2.05) is 0 Å². The number of esters is 1. The average Bonchev–Trinajstić information content (AvgIpc) is 3.28. The number of furan rings is 1. The van der Waals surface area contributed by atoms with Crippen LogP contribution in [0.15, 0.2) is 57.9 Å². The van der Waals surface area contributed by atoms with Gasteiger partial charge in [0.1, 0.15) is 11.3 Å². The van der Waals surface area contributed by atoms with E-state index in [2.05, 4.69) is 10.3 Å². The minimum absolute atomic E-state index is 0.153. The van der Waals surface area contributed by atoms with Gasteiger partial charge in [0.15, 0.2) is 5.78 Å². The fourth-order valence-corrected chi connectivity index (χ4v) is 3.59. The number of para-hydroxylation sites is 1. The number of amides is 1. The first-order chi connectivity index (χ1) is 14.5. The van der Waals surface area contributed by atoms with Crippen molar-refractivity contribution < 1.29 is 23.5 Å². The number of ether oxygens (including phenoxy) is 1. The van der Waals surface area contributed by atoms with E-state index in [0.717, 1.165) is 0 Å². The highest BCUT2D eigenvalue weighted by molar-refractivity contribution is 6.09. The van der Waals surface area contributed by atoms with E-state index in [4.69, 9.17) is 9.15 Å². The van der Waals surface area contributed by atoms with Gasteiger partial charge in [-0.25, -0.2) is 4.79 Å². The fraction of sp³-hybridized carbons (Fsp3) is 0.182. The quantitative estimate of drug-likeness (QED) is 0.643. The Bertz CT molecular complexity index is 1190. The number of H-pyrrole nitrogens is 1. The summed E-state index contributed by atoms with van der Waals surface area (Å²) in [6.07, 6.45) is 2.19. The molecule has 0 fully saturated rings. The van der Waals surface area contributed by atoms with E-state index in [1.165, 1.54) is 31.6 Å². The number of Topliss-reactive ketones (excluding diaryl/α,β-unsaturated/α-hetero) is 1. The molecule has 1 amide bonds. The van der Waals surface area contributed by atoms with Gasteiger partial charge in [0, 0.05) is 23.6 Å². The van der Waals surface area contributed by atoms with Crippen LogP contribution in [0, 0.1) is 0 Å². The first-order valence-corrected chi connectivity index (χ1v) is 9.29. The minimum atomic E-state index is -0.726. The number of hydrogen-bond acceptors (Lipinski definition) is 6. The molecule has 1 aromatic carbocycles. The van der Waals surface area contributed by atoms with Crippen molar-refractivity contribution in [2.75, 3.05) is 12.4 Å². The molecule has 152 valence electrons. The maximum atomic E-state index is 12.7. The summed E-state index contributed by atoms with van der Waals surface area (Å²) in [4.78, 5) is 52.5. The van der Waals surface area contributed by atoms with Crippen molar-refractivity contribution in [3.63, 3.8) is 0 Å². The molecule has 0 bridgehead atoms. The molecule has 1 aliphatic rings. The number of ketones is 1. The Morgan fingerprint density at radius 1 is 1.10 bits per heavy atom. The van der Waals surface area contributed by atoms with E-state index in [9.17, 15) is 19.2 Å². The van der Waals surface area contributed by atoms with Gasteiger partial charge >= 0.3 is 5.97 Å². The first-order valence-electron chi connectivity index (χ1n) is 9.29. The third kappa shape index (κ3) is 3.55. The van der Waals surface area contributed by atoms with Crippen LogP contribution in [0.5, 0.6) is 0 Å². The monoisotopic (exact) mass is 406 g/mol. The van der Waals surface area contributed by atoms with Crippen LogP contribution in [0.2, 0.25) is 0 Å². The molecule has 2 N–H and O–H groups in total. The second-order valence-corrected chi connectivity index (χ2v) is 6.94. The van der Waals surface area contributed by atoms with Crippen LogP contribution in [0.3, 0.4) is 0 Å². The number of pyridine rings is 1. The standard InChI is InChI=1S/C22H18N2O6/c1-29-22(28)13-5-2-3-6-16(13)23-20(26)15-11-14-17(24-21(15)27)9-12(10-18(14)25)19-7-4-8-30-19/h2-8,11-12H,9-10H2,1H3,(H,23,26)(H,24,27). The summed E-state index contributed by atoms with van der Waals surface area (Å²) in [5, 5.41) is 2.55. The predicted molar refractivity (Wildman–Crippen MR) is 107 cm³/mol. The second-order valence-electron chi connectivity index (χ2n) is 6.94. The number of rotatable bonds is 4. The molecule has 0 saturated carbocycles. The van der Waals surface area contributed by atoms with Crippen LogP contribution in [-0.2, 0) is 11.2 Å². The van der Waals surface area contributed by atoms with Crippen molar-refractivity contribution >= 4 is 23.3 Å². The predicted octanol–water partition coefficient (Wildman–Crippen LogP) is 2.92. The van der Waals surface area contributed by atoms with Crippen molar-refractivity contribution in [3.05, 3.63) is 87.2 Å². The summed E-state index contributed by atoms with van der Waals surface area (Å²) in [6.45, 7) is 0. The molecule has 3 aromatic rings. The normalized spacial score (nSPS) is 15.4. The molecule has 1 atom stereocenters. The largest absolute Gasteiger partial charge is 0.469 e. The van der Waals surface area contributed by atoms with Gasteiger partial charge in [-0.1, -0.05) is 12.1 Å². The lowest BCUT2D eigenvalue weighted by molar-refractivity contribution is 0.0601. The Balaban J connectivity index is 1.64. The van der Waals surface area contributed by atoms with Crippen molar-refractivity contribution in [1.29, 1.82) is 0 Å². The van der Waals surface area contributed by atoms with Crippen molar-refractivity contribution in [3.8, 4) is 0 Å². The van der Waals surface area contributed by atoms with E-state index in [0.29, 0.717) is 23.4 Å². The van der Waals surface area contributed by atoms with Gasteiger partial charge in [-0.2, -0.15) is 0 Å². The number of fused-ring (bicyclic) bond motifs is 1. The highest BCUT2D eigenvalue weighted by Gasteiger charge is 2.30. The van der Waals surface area contributed by atoms with Crippen LogP contribution < -0.4 is 10.9 Å². The Morgan fingerprint density at radius 2 is 1.90 bits per heavy atom. The zero-order valence-corrected chi connectivity index (χ0v) is 16.1. The van der Waals surface area contributed by atoms with Gasteiger partial charge in [-0.15, -0.1) is 0 Å². The lowest BCUT2D eigenvalue weighted by atomic mass is 9.84. The van der Waals surface area contributed by atoms with Crippen LogP contribution >= 0.6 is 0 Å². The van der Waals surface area contributed by atoms with Gasteiger partial charge in [0.05, 0.1) is 24.6 Å². The first kappa shape index (κ1) is 19.4. The molecule has 0 radical (unpaired) electrons. The molecule has 30 heavy (non-hydrogen) atoms. The third-order valence-electron chi connectivity index (χ3n) is 5.08. The van der Waals surface area contributed by atoms with Crippen molar-refractivity contribution in [2.24, 2.45) is 0 Å². The summed E-state index contributed by atoms with van der Waals surface area (Å²) in [5.41, 5.74) is 0.316. The van der Waals surface area contributed by atoms with Gasteiger partial charge in [0.2, 0.25) is 0 Å². The number of anilines is 1. The summed E-state index contributed by atoms with van der Waals surface area (Å²) in [6, 6.07) is 11.1. The molecular weight excluding hydrogens is 388 g/mol. The Morgan fingerprint density at radius 3 is 2.63 bits per heavy atom. The highest BCUT2D eigenvalue weighted by atomic mass is 16.5. The molecule has 0 saturated heterocycles. The number of aromatic nitrogens is 1. The summed E-state index contributed by atoms with van der Waals surface area (Å²) >= 11 is 0. The smallest absolute Gasteiger partial charge is 0.339 e. The fourth-order valence-electron chi connectivity index (χ4n) is 3.59. The topological polar surface area (TPSA) is 118 Å². The van der Waals surface area contributed by atoms with Gasteiger partial charge in [-0.3, -0.25) is 14.4 Å². The van der Waals surface area contributed by atoms with Gasteiger partial charge in [0.25, 0.3) is 11.5 Å². The number of nitrogens with one attached hydrogen (secondary N) is 2. The number of hydrogen-bond donors (Lipinski definition) is 2. The van der Waals surface area contributed by atoms with Crippen LogP contribution in [0.1, 0.15) is 54.9 Å². The van der Waals surface area contributed by atoms with Gasteiger partial charge in [-0.05, 0) is 36.8 Å². The molecule has 8 nitrogen and oxygen atoms in total. The SMILES string of the molecule is COC(=O)c1ccccc1NC(=O)c1cc2c([nH]c1=O)CC(c1ccco1)CC2=O. The molecule has 0 spiro atoms. The molecule has 2 aromatic heterocycles. The van der Waals surface area contributed by atoms with Gasteiger partial charge < -0.3 is 19.5 Å². The Labute approximate surface area is 170 Å². The van der Waals surface area contributed by atoms with E-state index < -0.39 is 17.4 Å². The third-order valence-corrected chi connectivity index (χ3v) is 5.08. The molecule has 2 heterocycles. The maximum absolute atomic E-state index is 12.7. The summed E-state index contributed by atoms with van der Waals surface area (Å²) in [7, 11) is 1.23. The van der Waals surface area contributed by atoms with Crippen LogP contribution in [0.25, 0.3) is 0 Å². The molecule has 0 aliphatic heterocycles. The van der Waals surface area contributed by atoms with Crippen LogP contribution in [-0.4, -0.2) is 29.8 Å². The molecular formula is C22H18N2O6. The highest BCUT2D eigenvalue weighted by Crippen LogP contribution is 2.31. The number of methoxy groups -OCH3 is 1. The maximum Gasteiger partial charge on any atom is 0.339 e. The molecule has 8 heteroatoms. The zero-order valence-electron chi connectivity index (χ0n) is 16.1. The second kappa shape index (κ2) is 7.82. The van der Waals surface area contributed by atoms with Crippen molar-refractivity contribution in [2.45, 2.75) is 18.8 Å². The molecule has 1 unspecified atom stereocenters. The number of carbonyl (C=O) groups excluding carboxylic acids is 3. The average molecular weight is 406 g/mol. The zero-order chi connectivity index (χ0) is 21.3. The lowest BCUT2D eigenvalue weighted by Gasteiger charge is -2.22. The van der Waals surface area contributed by atoms with Crippen LogP contribution in [0.4, 0.5) is 5.69 Å². The van der Waals surface area contributed by atoms with E-state index in [-0.39, 0.29) is 34.9 Å².